The molecule has 2 heterocycles. The van der Waals surface area contributed by atoms with Gasteiger partial charge in [-0.15, -0.1) is 0 Å². The fourth-order valence-electron chi connectivity index (χ4n) is 2.62. The SMILES string of the molecule is Cc1c(N2Cc3cccc(CN)c3C2)cn[nH]c1=O. The number of aromatic amines is 1. The lowest BCUT2D eigenvalue weighted by atomic mass is 10.0. The standard InChI is InChI=1S/C14H16N4O/c1-9-13(6-16-17-14(9)19)18-7-11-4-2-3-10(5-15)12(11)8-18/h2-4,6H,5,7-8,15H2,1H3,(H,17,19). The number of aromatic nitrogens is 2. The molecule has 1 aliphatic heterocycles. The summed E-state index contributed by atoms with van der Waals surface area (Å²) in [6.07, 6.45) is 1.71. The molecule has 98 valence electrons. The van der Waals surface area contributed by atoms with E-state index in [2.05, 4.69) is 27.2 Å². The van der Waals surface area contributed by atoms with Gasteiger partial charge in [0.1, 0.15) is 0 Å². The molecule has 1 aromatic heterocycles. The van der Waals surface area contributed by atoms with Crippen LogP contribution in [0.25, 0.3) is 0 Å². The highest BCUT2D eigenvalue weighted by Gasteiger charge is 2.23. The van der Waals surface area contributed by atoms with Gasteiger partial charge in [0, 0.05) is 25.2 Å². The number of H-pyrrole nitrogens is 1. The van der Waals surface area contributed by atoms with Crippen LogP contribution in [-0.2, 0) is 19.6 Å². The van der Waals surface area contributed by atoms with Crippen molar-refractivity contribution in [2.45, 2.75) is 26.6 Å². The minimum atomic E-state index is -0.132. The Morgan fingerprint density at radius 2 is 2.26 bits per heavy atom. The molecular formula is C14H16N4O. The van der Waals surface area contributed by atoms with Crippen molar-refractivity contribution in [2.75, 3.05) is 4.90 Å². The average molecular weight is 256 g/mol. The normalized spacial score (nSPS) is 13.7. The number of nitrogens with zero attached hydrogens (tertiary/aromatic N) is 2. The lowest BCUT2D eigenvalue weighted by Gasteiger charge is -2.18. The average Bonchev–Trinajstić information content (AvgIpc) is 2.85. The van der Waals surface area contributed by atoms with E-state index in [0.29, 0.717) is 12.1 Å². The van der Waals surface area contributed by atoms with Gasteiger partial charge in [-0.1, -0.05) is 18.2 Å². The molecule has 5 heteroatoms. The smallest absolute Gasteiger partial charge is 0.269 e. The summed E-state index contributed by atoms with van der Waals surface area (Å²) >= 11 is 0. The molecular weight excluding hydrogens is 240 g/mol. The molecule has 0 spiro atoms. The monoisotopic (exact) mass is 256 g/mol. The number of rotatable bonds is 2. The second kappa shape index (κ2) is 4.51. The molecule has 3 rings (SSSR count). The zero-order valence-electron chi connectivity index (χ0n) is 10.8. The first-order valence-corrected chi connectivity index (χ1v) is 6.29. The fourth-order valence-corrected chi connectivity index (χ4v) is 2.62. The summed E-state index contributed by atoms with van der Waals surface area (Å²) in [6.45, 7) is 3.95. The second-order valence-corrected chi connectivity index (χ2v) is 4.82. The quantitative estimate of drug-likeness (QED) is 0.842. The first kappa shape index (κ1) is 11.9. The van der Waals surface area contributed by atoms with E-state index in [0.717, 1.165) is 18.8 Å². The van der Waals surface area contributed by atoms with Crippen LogP contribution in [0, 0.1) is 6.92 Å². The summed E-state index contributed by atoms with van der Waals surface area (Å²) in [5.41, 5.74) is 11.0. The van der Waals surface area contributed by atoms with E-state index in [-0.39, 0.29) is 5.56 Å². The Bertz CT molecular complexity index is 677. The van der Waals surface area contributed by atoms with Crippen molar-refractivity contribution in [3.8, 4) is 0 Å². The predicted octanol–water partition coefficient (Wildman–Crippen LogP) is 1.06. The van der Waals surface area contributed by atoms with Gasteiger partial charge >= 0.3 is 0 Å². The van der Waals surface area contributed by atoms with E-state index < -0.39 is 0 Å². The number of hydrogen-bond acceptors (Lipinski definition) is 4. The van der Waals surface area contributed by atoms with Gasteiger partial charge in [-0.05, 0) is 23.6 Å². The summed E-state index contributed by atoms with van der Waals surface area (Å²) in [7, 11) is 0. The molecule has 0 amide bonds. The summed E-state index contributed by atoms with van der Waals surface area (Å²) < 4.78 is 0. The highest BCUT2D eigenvalue weighted by atomic mass is 16.1. The van der Waals surface area contributed by atoms with Crippen molar-refractivity contribution < 1.29 is 0 Å². The lowest BCUT2D eigenvalue weighted by molar-refractivity contribution is 0.845. The Kier molecular flexibility index (Phi) is 2.83. The molecule has 5 nitrogen and oxygen atoms in total. The van der Waals surface area contributed by atoms with Crippen molar-refractivity contribution in [3.63, 3.8) is 0 Å². The molecule has 0 aliphatic carbocycles. The third kappa shape index (κ3) is 1.92. The van der Waals surface area contributed by atoms with E-state index >= 15 is 0 Å². The maximum Gasteiger partial charge on any atom is 0.269 e. The Morgan fingerprint density at radius 1 is 1.42 bits per heavy atom. The molecule has 0 radical (unpaired) electrons. The van der Waals surface area contributed by atoms with Gasteiger partial charge in [0.2, 0.25) is 0 Å². The highest BCUT2D eigenvalue weighted by molar-refractivity contribution is 5.55. The molecule has 19 heavy (non-hydrogen) atoms. The van der Waals surface area contributed by atoms with Gasteiger partial charge < -0.3 is 10.6 Å². The van der Waals surface area contributed by atoms with Gasteiger partial charge in [-0.25, -0.2) is 5.10 Å². The molecule has 2 aromatic rings. The molecule has 0 fully saturated rings. The van der Waals surface area contributed by atoms with Crippen LogP contribution in [0.4, 0.5) is 5.69 Å². The molecule has 0 unspecified atom stereocenters. The third-order valence-electron chi connectivity index (χ3n) is 3.72. The first-order valence-electron chi connectivity index (χ1n) is 6.29. The van der Waals surface area contributed by atoms with E-state index in [9.17, 15) is 4.79 Å². The zero-order valence-corrected chi connectivity index (χ0v) is 10.8. The Labute approximate surface area is 111 Å². The zero-order chi connectivity index (χ0) is 13.4. The van der Waals surface area contributed by atoms with E-state index in [1.54, 1.807) is 6.20 Å². The van der Waals surface area contributed by atoms with E-state index in [1.165, 1.54) is 16.7 Å². The van der Waals surface area contributed by atoms with Crippen LogP contribution in [0.2, 0.25) is 0 Å². The number of benzene rings is 1. The molecule has 0 saturated heterocycles. The van der Waals surface area contributed by atoms with Crippen LogP contribution in [0.5, 0.6) is 0 Å². The minimum Gasteiger partial charge on any atom is -0.361 e. The second-order valence-electron chi connectivity index (χ2n) is 4.82. The molecule has 1 aromatic carbocycles. The Balaban J connectivity index is 2.00. The summed E-state index contributed by atoms with van der Waals surface area (Å²) in [5, 5.41) is 6.35. The molecule has 0 atom stereocenters. The Hall–Kier alpha value is -2.14. The fraction of sp³-hybridized carbons (Fsp3) is 0.286. The van der Waals surface area contributed by atoms with Gasteiger partial charge in [-0.2, -0.15) is 5.10 Å². The van der Waals surface area contributed by atoms with Crippen LogP contribution in [-0.4, -0.2) is 10.2 Å². The van der Waals surface area contributed by atoms with Gasteiger partial charge in [0.15, 0.2) is 0 Å². The van der Waals surface area contributed by atoms with Gasteiger partial charge in [-0.3, -0.25) is 4.79 Å². The molecule has 1 aliphatic rings. The minimum absolute atomic E-state index is 0.132. The van der Waals surface area contributed by atoms with Gasteiger partial charge in [0.25, 0.3) is 5.56 Å². The predicted molar refractivity (Wildman–Crippen MR) is 73.8 cm³/mol. The molecule has 0 bridgehead atoms. The van der Waals surface area contributed by atoms with Crippen molar-refractivity contribution in [3.05, 3.63) is 57.0 Å². The van der Waals surface area contributed by atoms with Crippen LogP contribution in [0.15, 0.2) is 29.2 Å². The summed E-state index contributed by atoms with van der Waals surface area (Å²) in [4.78, 5) is 13.8. The van der Waals surface area contributed by atoms with Crippen molar-refractivity contribution in [2.24, 2.45) is 5.73 Å². The number of nitrogens with one attached hydrogen (secondary N) is 1. The highest BCUT2D eigenvalue weighted by Crippen LogP contribution is 2.30. The van der Waals surface area contributed by atoms with Crippen LogP contribution >= 0.6 is 0 Å². The lowest BCUT2D eigenvalue weighted by Crippen LogP contribution is -2.21. The number of fused-ring (bicyclic) bond motifs is 1. The summed E-state index contributed by atoms with van der Waals surface area (Å²) in [6, 6.07) is 6.21. The van der Waals surface area contributed by atoms with E-state index in [1.807, 2.05) is 13.0 Å². The largest absolute Gasteiger partial charge is 0.361 e. The van der Waals surface area contributed by atoms with Crippen molar-refractivity contribution in [1.82, 2.24) is 10.2 Å². The topological polar surface area (TPSA) is 75.0 Å². The first-order chi connectivity index (χ1) is 9.20. The van der Waals surface area contributed by atoms with Crippen molar-refractivity contribution in [1.29, 1.82) is 0 Å². The number of anilines is 1. The van der Waals surface area contributed by atoms with Crippen LogP contribution in [0.3, 0.4) is 0 Å². The number of nitrogens with two attached hydrogens (primary N) is 1. The molecule has 0 saturated carbocycles. The van der Waals surface area contributed by atoms with Crippen molar-refractivity contribution >= 4 is 5.69 Å². The van der Waals surface area contributed by atoms with Crippen LogP contribution < -0.4 is 16.2 Å². The number of hydrogen-bond donors (Lipinski definition) is 2. The van der Waals surface area contributed by atoms with E-state index in [4.69, 9.17) is 5.73 Å². The van der Waals surface area contributed by atoms with Crippen LogP contribution in [0.1, 0.15) is 22.3 Å². The maximum absolute atomic E-state index is 11.6. The third-order valence-corrected chi connectivity index (χ3v) is 3.72. The Morgan fingerprint density at radius 3 is 3.05 bits per heavy atom. The maximum atomic E-state index is 11.6. The summed E-state index contributed by atoms with van der Waals surface area (Å²) in [5.74, 6) is 0. The molecule has 3 N–H and O–H groups in total. The van der Waals surface area contributed by atoms with Gasteiger partial charge in [0.05, 0.1) is 11.9 Å².